The number of amides is 1. The Balaban J connectivity index is 2.14. The first-order chi connectivity index (χ1) is 8.22. The van der Waals surface area contributed by atoms with E-state index in [4.69, 9.17) is 0 Å². The summed E-state index contributed by atoms with van der Waals surface area (Å²) in [4.78, 5) is 11.4. The molecule has 3 nitrogen and oxygen atoms in total. The first kappa shape index (κ1) is 13.7. The van der Waals surface area contributed by atoms with E-state index in [-0.39, 0.29) is 5.91 Å². The molecular formula is C14H22N2O. The van der Waals surface area contributed by atoms with Gasteiger partial charge in [-0.2, -0.15) is 0 Å². The van der Waals surface area contributed by atoms with E-state index < -0.39 is 0 Å². The van der Waals surface area contributed by atoms with E-state index in [0.29, 0.717) is 6.54 Å². The summed E-state index contributed by atoms with van der Waals surface area (Å²) >= 11 is 0. The highest BCUT2D eigenvalue weighted by Crippen LogP contribution is 2.01. The maximum Gasteiger partial charge on any atom is 0.233 e. The molecule has 0 saturated carbocycles. The summed E-state index contributed by atoms with van der Waals surface area (Å²) in [6.07, 6.45) is 2.15. The van der Waals surface area contributed by atoms with Crippen LogP contribution >= 0.6 is 0 Å². The molecule has 0 fully saturated rings. The molecule has 1 rings (SSSR count). The second-order valence-corrected chi connectivity index (χ2v) is 4.29. The van der Waals surface area contributed by atoms with Gasteiger partial charge in [0.2, 0.25) is 5.91 Å². The molecule has 3 heteroatoms. The van der Waals surface area contributed by atoms with Crippen LogP contribution in [-0.2, 0) is 11.3 Å². The van der Waals surface area contributed by atoms with E-state index >= 15 is 0 Å². The molecule has 0 spiro atoms. The summed E-state index contributed by atoms with van der Waals surface area (Å²) in [6.45, 7) is 6.08. The largest absolute Gasteiger partial charge is 0.355 e. The van der Waals surface area contributed by atoms with Gasteiger partial charge in [0.15, 0.2) is 0 Å². The minimum Gasteiger partial charge on any atom is -0.355 e. The van der Waals surface area contributed by atoms with Crippen molar-refractivity contribution < 1.29 is 4.79 Å². The first-order valence-corrected chi connectivity index (χ1v) is 6.25. The van der Waals surface area contributed by atoms with Crippen molar-refractivity contribution in [3.63, 3.8) is 0 Å². The molecule has 17 heavy (non-hydrogen) atoms. The van der Waals surface area contributed by atoms with Gasteiger partial charge in [-0.15, -0.1) is 0 Å². The molecule has 0 radical (unpaired) electrons. The second-order valence-electron chi connectivity index (χ2n) is 4.29. The van der Waals surface area contributed by atoms with Crippen LogP contribution in [0.2, 0.25) is 0 Å². The van der Waals surface area contributed by atoms with E-state index in [2.05, 4.69) is 48.7 Å². The smallest absolute Gasteiger partial charge is 0.233 e. The summed E-state index contributed by atoms with van der Waals surface area (Å²) in [5, 5.41) is 6.01. The topological polar surface area (TPSA) is 41.1 Å². The van der Waals surface area contributed by atoms with Crippen molar-refractivity contribution in [1.82, 2.24) is 10.6 Å². The van der Waals surface area contributed by atoms with Gasteiger partial charge in [-0.3, -0.25) is 4.79 Å². The van der Waals surface area contributed by atoms with Gasteiger partial charge in [0.1, 0.15) is 0 Å². The SMILES string of the molecule is CCCCNC(=O)CNCc1ccc(C)cc1. The fraction of sp³-hybridized carbons (Fsp3) is 0.500. The van der Waals surface area contributed by atoms with Gasteiger partial charge in [-0.1, -0.05) is 43.2 Å². The molecule has 0 aliphatic rings. The molecule has 1 amide bonds. The molecule has 1 aromatic rings. The van der Waals surface area contributed by atoms with Crippen LogP contribution in [0.4, 0.5) is 0 Å². The average Bonchev–Trinajstić information content (AvgIpc) is 2.32. The van der Waals surface area contributed by atoms with Crippen LogP contribution in [0.5, 0.6) is 0 Å². The Labute approximate surface area is 104 Å². The zero-order valence-electron chi connectivity index (χ0n) is 10.8. The van der Waals surface area contributed by atoms with Gasteiger partial charge in [0.25, 0.3) is 0 Å². The summed E-state index contributed by atoms with van der Waals surface area (Å²) in [5.74, 6) is 0.0746. The van der Waals surface area contributed by atoms with Crippen molar-refractivity contribution in [1.29, 1.82) is 0 Å². The molecule has 0 atom stereocenters. The van der Waals surface area contributed by atoms with Gasteiger partial charge < -0.3 is 10.6 Å². The number of hydrogen-bond acceptors (Lipinski definition) is 2. The van der Waals surface area contributed by atoms with Crippen LogP contribution in [-0.4, -0.2) is 19.0 Å². The first-order valence-electron chi connectivity index (χ1n) is 6.25. The quantitative estimate of drug-likeness (QED) is 0.708. The number of unbranched alkanes of at least 4 members (excludes halogenated alkanes) is 1. The predicted octanol–water partition coefficient (Wildman–Crippen LogP) is 2.00. The highest BCUT2D eigenvalue weighted by atomic mass is 16.1. The Bertz CT molecular complexity index is 333. The highest BCUT2D eigenvalue weighted by Gasteiger charge is 1.99. The van der Waals surface area contributed by atoms with E-state index in [1.807, 2.05) is 0 Å². The molecule has 1 aromatic carbocycles. The minimum absolute atomic E-state index is 0.0746. The second kappa shape index (κ2) is 7.85. The molecule has 0 saturated heterocycles. The Kier molecular flexibility index (Phi) is 6.33. The zero-order chi connectivity index (χ0) is 12.5. The number of nitrogens with one attached hydrogen (secondary N) is 2. The Morgan fingerprint density at radius 1 is 1.24 bits per heavy atom. The van der Waals surface area contributed by atoms with E-state index in [0.717, 1.165) is 25.9 Å². The third kappa shape index (κ3) is 6.07. The molecule has 2 N–H and O–H groups in total. The third-order valence-electron chi connectivity index (χ3n) is 2.59. The van der Waals surface area contributed by atoms with Crippen molar-refractivity contribution in [2.45, 2.75) is 33.2 Å². The van der Waals surface area contributed by atoms with Gasteiger partial charge in [0.05, 0.1) is 6.54 Å². The van der Waals surface area contributed by atoms with Crippen molar-refractivity contribution in [2.75, 3.05) is 13.1 Å². The summed E-state index contributed by atoms with van der Waals surface area (Å²) in [6, 6.07) is 8.32. The number of hydrogen-bond donors (Lipinski definition) is 2. The van der Waals surface area contributed by atoms with Gasteiger partial charge in [0, 0.05) is 13.1 Å². The molecule has 0 heterocycles. The lowest BCUT2D eigenvalue weighted by molar-refractivity contribution is -0.120. The Hall–Kier alpha value is -1.35. The monoisotopic (exact) mass is 234 g/mol. The normalized spacial score (nSPS) is 10.2. The van der Waals surface area contributed by atoms with Gasteiger partial charge in [-0.25, -0.2) is 0 Å². The van der Waals surface area contributed by atoms with E-state index in [1.54, 1.807) is 0 Å². The fourth-order valence-electron chi connectivity index (χ4n) is 1.49. The number of carbonyl (C=O) groups is 1. The molecule has 94 valence electrons. The molecule has 0 bridgehead atoms. The van der Waals surface area contributed by atoms with Crippen LogP contribution in [0.25, 0.3) is 0 Å². The van der Waals surface area contributed by atoms with Gasteiger partial charge >= 0.3 is 0 Å². The lowest BCUT2D eigenvalue weighted by Gasteiger charge is -2.06. The lowest BCUT2D eigenvalue weighted by atomic mass is 10.1. The number of rotatable bonds is 7. The molecule has 0 aliphatic heterocycles. The van der Waals surface area contributed by atoms with E-state index in [1.165, 1.54) is 11.1 Å². The van der Waals surface area contributed by atoms with Crippen molar-refractivity contribution in [3.05, 3.63) is 35.4 Å². The van der Waals surface area contributed by atoms with Crippen molar-refractivity contribution >= 4 is 5.91 Å². The van der Waals surface area contributed by atoms with E-state index in [9.17, 15) is 4.79 Å². The number of aryl methyl sites for hydroxylation is 1. The standard InChI is InChI=1S/C14H22N2O/c1-3-4-9-16-14(17)11-15-10-13-7-5-12(2)6-8-13/h5-8,15H,3-4,9-11H2,1-2H3,(H,16,17). The van der Waals surface area contributed by atoms with Crippen LogP contribution in [0.15, 0.2) is 24.3 Å². The van der Waals surface area contributed by atoms with Crippen LogP contribution < -0.4 is 10.6 Å². The molecule has 0 aromatic heterocycles. The zero-order valence-corrected chi connectivity index (χ0v) is 10.8. The predicted molar refractivity (Wildman–Crippen MR) is 70.8 cm³/mol. The summed E-state index contributed by atoms with van der Waals surface area (Å²) in [7, 11) is 0. The van der Waals surface area contributed by atoms with Crippen LogP contribution in [0.3, 0.4) is 0 Å². The van der Waals surface area contributed by atoms with Crippen LogP contribution in [0, 0.1) is 6.92 Å². The van der Waals surface area contributed by atoms with Crippen molar-refractivity contribution in [3.8, 4) is 0 Å². The number of benzene rings is 1. The third-order valence-corrected chi connectivity index (χ3v) is 2.59. The fourth-order valence-corrected chi connectivity index (χ4v) is 1.49. The average molecular weight is 234 g/mol. The Morgan fingerprint density at radius 3 is 2.59 bits per heavy atom. The number of carbonyl (C=O) groups excluding carboxylic acids is 1. The highest BCUT2D eigenvalue weighted by molar-refractivity contribution is 5.77. The summed E-state index contributed by atoms with van der Waals surface area (Å²) in [5.41, 5.74) is 2.46. The molecule has 0 unspecified atom stereocenters. The lowest BCUT2D eigenvalue weighted by Crippen LogP contribution is -2.34. The minimum atomic E-state index is 0.0746. The van der Waals surface area contributed by atoms with Crippen molar-refractivity contribution in [2.24, 2.45) is 0 Å². The summed E-state index contributed by atoms with van der Waals surface area (Å²) < 4.78 is 0. The van der Waals surface area contributed by atoms with Gasteiger partial charge in [-0.05, 0) is 18.9 Å². The maximum absolute atomic E-state index is 11.4. The molecular weight excluding hydrogens is 212 g/mol. The Morgan fingerprint density at radius 2 is 1.94 bits per heavy atom. The maximum atomic E-state index is 11.4. The molecule has 0 aliphatic carbocycles. The van der Waals surface area contributed by atoms with Crippen LogP contribution in [0.1, 0.15) is 30.9 Å².